The van der Waals surface area contributed by atoms with E-state index in [1.54, 1.807) is 18.8 Å². The summed E-state index contributed by atoms with van der Waals surface area (Å²) in [6.07, 6.45) is 2.06. The van der Waals surface area contributed by atoms with E-state index < -0.39 is 0 Å². The number of nitrogens with one attached hydrogen (secondary N) is 2. The van der Waals surface area contributed by atoms with Gasteiger partial charge in [0.25, 0.3) is 0 Å². The summed E-state index contributed by atoms with van der Waals surface area (Å²) in [7, 11) is 1.76. The van der Waals surface area contributed by atoms with Crippen molar-refractivity contribution in [2.45, 2.75) is 11.8 Å². The zero-order chi connectivity index (χ0) is 12.0. The molecule has 0 aliphatic heterocycles. The maximum Gasteiger partial charge on any atom is 0.186 e. The van der Waals surface area contributed by atoms with E-state index in [-0.39, 0.29) is 0 Å². The van der Waals surface area contributed by atoms with E-state index in [9.17, 15) is 0 Å². The first-order valence-electron chi connectivity index (χ1n) is 4.84. The molecule has 0 aromatic heterocycles. The fraction of sp³-hybridized carbons (Fsp3) is 0.273. The summed E-state index contributed by atoms with van der Waals surface area (Å²) in [6, 6.07) is 8.26. The number of hydrogen-bond acceptors (Lipinski definition) is 3. The van der Waals surface area contributed by atoms with Crippen molar-refractivity contribution in [2.75, 3.05) is 13.3 Å². The molecule has 0 atom stereocenters. The van der Waals surface area contributed by atoms with Crippen LogP contribution < -0.4 is 10.7 Å². The average molecular weight is 253 g/mol. The van der Waals surface area contributed by atoms with E-state index >= 15 is 0 Å². The van der Waals surface area contributed by atoms with Crippen LogP contribution in [0.3, 0.4) is 0 Å². The first-order valence-corrected chi connectivity index (χ1v) is 6.47. The molecule has 0 amide bonds. The monoisotopic (exact) mass is 253 g/mol. The second kappa shape index (κ2) is 6.50. The highest BCUT2D eigenvalue weighted by atomic mass is 32.2. The van der Waals surface area contributed by atoms with Crippen LogP contribution >= 0.6 is 24.0 Å². The van der Waals surface area contributed by atoms with Crippen LogP contribution in [0.5, 0.6) is 0 Å². The van der Waals surface area contributed by atoms with Gasteiger partial charge in [0.1, 0.15) is 0 Å². The van der Waals surface area contributed by atoms with Crippen LogP contribution in [-0.4, -0.2) is 24.1 Å². The molecule has 0 bridgehead atoms. The van der Waals surface area contributed by atoms with E-state index in [0.29, 0.717) is 5.11 Å². The summed E-state index contributed by atoms with van der Waals surface area (Å²) < 4.78 is 0. The third kappa shape index (κ3) is 3.83. The third-order valence-corrected chi connectivity index (χ3v) is 3.10. The van der Waals surface area contributed by atoms with Crippen LogP contribution in [0.2, 0.25) is 0 Å². The maximum absolute atomic E-state index is 4.93. The molecule has 1 aromatic rings. The minimum atomic E-state index is 0.514. The zero-order valence-electron chi connectivity index (χ0n) is 9.57. The molecular formula is C11H15N3S2. The quantitative estimate of drug-likeness (QED) is 0.375. The SMILES string of the molecule is CNC(=S)N/N=C(\C)c1ccc(SC)cc1. The second-order valence-electron chi connectivity index (χ2n) is 3.12. The van der Waals surface area contributed by atoms with Gasteiger partial charge in [0, 0.05) is 11.9 Å². The average Bonchev–Trinajstić information content (AvgIpc) is 2.35. The molecule has 0 unspecified atom stereocenters. The van der Waals surface area contributed by atoms with Gasteiger partial charge in [-0.2, -0.15) is 5.10 Å². The summed E-state index contributed by atoms with van der Waals surface area (Å²) in [5.74, 6) is 0. The fourth-order valence-electron chi connectivity index (χ4n) is 1.09. The predicted molar refractivity (Wildman–Crippen MR) is 75.2 cm³/mol. The normalized spacial score (nSPS) is 11.1. The Labute approximate surface area is 106 Å². The van der Waals surface area contributed by atoms with Gasteiger partial charge in [0.2, 0.25) is 0 Å². The Morgan fingerprint density at radius 1 is 1.31 bits per heavy atom. The van der Waals surface area contributed by atoms with Crippen LogP contribution in [0, 0.1) is 0 Å². The Bertz CT molecular complexity index is 385. The first kappa shape index (κ1) is 13.0. The molecule has 5 heteroatoms. The predicted octanol–water partition coefficient (Wildman–Crippen LogP) is 2.23. The molecule has 0 spiro atoms. The standard InChI is InChI=1S/C11H15N3S2/c1-8(13-14-11(15)12-2)9-4-6-10(16-3)7-5-9/h4-7H,1-3H3,(H2,12,14,15)/b13-8+. The van der Waals surface area contributed by atoms with E-state index in [1.165, 1.54) is 4.90 Å². The number of thiocarbonyl (C=S) groups is 1. The summed E-state index contributed by atoms with van der Waals surface area (Å²) in [5, 5.41) is 7.49. The van der Waals surface area contributed by atoms with Crippen molar-refractivity contribution in [3.8, 4) is 0 Å². The molecule has 86 valence electrons. The van der Waals surface area contributed by atoms with Gasteiger partial charge in [-0.15, -0.1) is 11.8 Å². The smallest absolute Gasteiger partial charge is 0.186 e. The largest absolute Gasteiger partial charge is 0.364 e. The number of benzene rings is 1. The molecule has 0 saturated heterocycles. The van der Waals surface area contributed by atoms with E-state index in [4.69, 9.17) is 12.2 Å². The Morgan fingerprint density at radius 3 is 2.44 bits per heavy atom. The molecule has 0 aliphatic rings. The summed E-state index contributed by atoms with van der Waals surface area (Å²) in [4.78, 5) is 1.25. The number of nitrogens with zero attached hydrogens (tertiary/aromatic N) is 1. The fourth-order valence-corrected chi connectivity index (χ4v) is 1.54. The highest BCUT2D eigenvalue weighted by Crippen LogP contribution is 2.15. The van der Waals surface area contributed by atoms with Crippen molar-refractivity contribution in [3.63, 3.8) is 0 Å². The minimum absolute atomic E-state index is 0.514. The lowest BCUT2D eigenvalue weighted by molar-refractivity contribution is 0.974. The van der Waals surface area contributed by atoms with Gasteiger partial charge < -0.3 is 5.32 Å². The summed E-state index contributed by atoms with van der Waals surface area (Å²) in [5.41, 5.74) is 4.76. The van der Waals surface area contributed by atoms with E-state index in [0.717, 1.165) is 11.3 Å². The lowest BCUT2D eigenvalue weighted by atomic mass is 10.1. The van der Waals surface area contributed by atoms with Crippen molar-refractivity contribution in [1.82, 2.24) is 10.7 Å². The molecular weight excluding hydrogens is 238 g/mol. The van der Waals surface area contributed by atoms with E-state index in [1.807, 2.05) is 6.92 Å². The van der Waals surface area contributed by atoms with Gasteiger partial charge in [-0.3, -0.25) is 5.43 Å². The van der Waals surface area contributed by atoms with Crippen LogP contribution in [-0.2, 0) is 0 Å². The zero-order valence-corrected chi connectivity index (χ0v) is 11.2. The van der Waals surface area contributed by atoms with Gasteiger partial charge in [0.05, 0.1) is 5.71 Å². The van der Waals surface area contributed by atoms with Crippen molar-refractivity contribution < 1.29 is 0 Å². The number of hydrogen-bond donors (Lipinski definition) is 2. The molecule has 0 saturated carbocycles. The first-order chi connectivity index (χ1) is 7.67. The molecule has 0 aliphatic carbocycles. The number of hydrazone groups is 1. The van der Waals surface area contributed by atoms with Gasteiger partial charge in [-0.1, -0.05) is 12.1 Å². The van der Waals surface area contributed by atoms with Gasteiger partial charge in [-0.05, 0) is 43.1 Å². The van der Waals surface area contributed by atoms with Crippen molar-refractivity contribution >= 4 is 34.8 Å². The molecule has 3 nitrogen and oxygen atoms in total. The van der Waals surface area contributed by atoms with Gasteiger partial charge in [-0.25, -0.2) is 0 Å². The Balaban J connectivity index is 2.71. The highest BCUT2D eigenvalue weighted by Gasteiger charge is 1.97. The Hall–Kier alpha value is -1.07. The Morgan fingerprint density at radius 2 is 1.94 bits per heavy atom. The molecule has 0 radical (unpaired) electrons. The summed E-state index contributed by atoms with van der Waals surface area (Å²) >= 11 is 6.66. The van der Waals surface area contributed by atoms with Gasteiger partial charge in [0.15, 0.2) is 5.11 Å². The maximum atomic E-state index is 4.93. The van der Waals surface area contributed by atoms with Crippen LogP contribution in [0.4, 0.5) is 0 Å². The molecule has 0 fully saturated rings. The number of thioether (sulfide) groups is 1. The second-order valence-corrected chi connectivity index (χ2v) is 4.40. The molecule has 1 rings (SSSR count). The van der Waals surface area contributed by atoms with Crippen LogP contribution in [0.15, 0.2) is 34.3 Å². The molecule has 1 aromatic carbocycles. The summed E-state index contributed by atoms with van der Waals surface area (Å²) in [6.45, 7) is 1.94. The van der Waals surface area contributed by atoms with Gasteiger partial charge >= 0.3 is 0 Å². The van der Waals surface area contributed by atoms with Crippen LogP contribution in [0.25, 0.3) is 0 Å². The Kier molecular flexibility index (Phi) is 5.28. The molecule has 2 N–H and O–H groups in total. The lowest BCUT2D eigenvalue weighted by Gasteiger charge is -2.04. The van der Waals surface area contributed by atoms with Crippen molar-refractivity contribution in [2.24, 2.45) is 5.10 Å². The van der Waals surface area contributed by atoms with E-state index in [2.05, 4.69) is 46.4 Å². The highest BCUT2D eigenvalue weighted by molar-refractivity contribution is 7.98. The van der Waals surface area contributed by atoms with Crippen molar-refractivity contribution in [1.29, 1.82) is 0 Å². The topological polar surface area (TPSA) is 36.4 Å². The van der Waals surface area contributed by atoms with Crippen LogP contribution in [0.1, 0.15) is 12.5 Å². The minimum Gasteiger partial charge on any atom is -0.364 e. The number of rotatable bonds is 3. The lowest BCUT2D eigenvalue weighted by Crippen LogP contribution is -2.29. The third-order valence-electron chi connectivity index (χ3n) is 2.06. The van der Waals surface area contributed by atoms with Crippen molar-refractivity contribution in [3.05, 3.63) is 29.8 Å². The molecule has 0 heterocycles. The molecule has 16 heavy (non-hydrogen) atoms.